The fourth-order valence-electron chi connectivity index (χ4n) is 2.01. The Kier molecular flexibility index (Phi) is 4.16. The van der Waals surface area contributed by atoms with E-state index >= 15 is 0 Å². The molecule has 0 aliphatic carbocycles. The molecular weight excluding hydrogens is 258 g/mol. The van der Waals surface area contributed by atoms with Crippen molar-refractivity contribution in [3.8, 4) is 0 Å². The number of hydrogen-bond acceptors (Lipinski definition) is 5. The van der Waals surface area contributed by atoms with Crippen molar-refractivity contribution in [3.63, 3.8) is 0 Å². The number of carbonyl (C=O) groups excluding carboxylic acids is 2. The normalized spacial score (nSPS) is 14.6. The van der Waals surface area contributed by atoms with Gasteiger partial charge in [-0.1, -0.05) is 6.92 Å². The van der Waals surface area contributed by atoms with Gasteiger partial charge in [0.15, 0.2) is 0 Å². The van der Waals surface area contributed by atoms with Gasteiger partial charge in [0, 0.05) is 33.6 Å². The van der Waals surface area contributed by atoms with Crippen LogP contribution in [0.4, 0.5) is 5.82 Å². The second kappa shape index (κ2) is 5.85. The predicted octanol–water partition coefficient (Wildman–Crippen LogP) is 0.195. The number of aromatic nitrogens is 2. The van der Waals surface area contributed by atoms with Gasteiger partial charge in [-0.15, -0.1) is 0 Å². The molecule has 2 heterocycles. The van der Waals surface area contributed by atoms with E-state index in [0.717, 1.165) is 0 Å². The summed E-state index contributed by atoms with van der Waals surface area (Å²) in [6.45, 7) is 3.28. The van der Waals surface area contributed by atoms with E-state index in [0.29, 0.717) is 37.7 Å². The van der Waals surface area contributed by atoms with Crippen molar-refractivity contribution >= 4 is 17.6 Å². The summed E-state index contributed by atoms with van der Waals surface area (Å²) in [4.78, 5) is 37.3. The van der Waals surface area contributed by atoms with Crippen LogP contribution in [0, 0.1) is 0 Å². The average Bonchev–Trinajstić information content (AvgIpc) is 2.95. The second-order valence-corrected chi connectivity index (χ2v) is 4.88. The van der Waals surface area contributed by atoms with Gasteiger partial charge in [-0.3, -0.25) is 9.59 Å². The molecule has 0 bridgehead atoms. The molecule has 1 aliphatic heterocycles. The third-order valence-corrected chi connectivity index (χ3v) is 3.24. The molecule has 0 N–H and O–H groups in total. The number of rotatable bonds is 3. The highest BCUT2D eigenvalue weighted by Gasteiger charge is 2.28. The third-order valence-electron chi connectivity index (χ3n) is 3.24. The minimum atomic E-state index is -0.186. The van der Waals surface area contributed by atoms with Gasteiger partial charge in [-0.2, -0.15) is 0 Å². The van der Waals surface area contributed by atoms with Gasteiger partial charge in [0.2, 0.25) is 5.91 Å². The maximum Gasteiger partial charge on any atom is 0.275 e. The van der Waals surface area contributed by atoms with Crippen LogP contribution < -0.4 is 4.90 Å². The average molecular weight is 277 g/mol. The van der Waals surface area contributed by atoms with E-state index in [-0.39, 0.29) is 11.8 Å². The lowest BCUT2D eigenvalue weighted by Gasteiger charge is -2.17. The zero-order valence-electron chi connectivity index (χ0n) is 12.0. The minimum Gasteiger partial charge on any atom is -0.361 e. The Morgan fingerprint density at radius 2 is 1.90 bits per heavy atom. The summed E-state index contributed by atoms with van der Waals surface area (Å²) in [6.07, 6.45) is 3.50. The molecule has 0 aromatic carbocycles. The van der Waals surface area contributed by atoms with E-state index in [2.05, 4.69) is 9.97 Å². The Morgan fingerprint density at radius 1 is 1.20 bits per heavy atom. The van der Waals surface area contributed by atoms with Crippen molar-refractivity contribution in [1.82, 2.24) is 19.8 Å². The topological polar surface area (TPSA) is 69.6 Å². The Bertz CT molecular complexity index is 500. The molecule has 1 saturated heterocycles. The largest absolute Gasteiger partial charge is 0.361 e. The third kappa shape index (κ3) is 2.87. The molecule has 0 spiro atoms. The van der Waals surface area contributed by atoms with E-state index in [1.165, 1.54) is 6.20 Å². The van der Waals surface area contributed by atoms with Gasteiger partial charge in [0.05, 0.1) is 19.1 Å². The maximum atomic E-state index is 12.3. The fraction of sp³-hybridized carbons (Fsp3) is 0.538. The first kappa shape index (κ1) is 14.2. The van der Waals surface area contributed by atoms with Crippen LogP contribution in [0.15, 0.2) is 12.4 Å². The van der Waals surface area contributed by atoms with E-state index < -0.39 is 0 Å². The van der Waals surface area contributed by atoms with Crippen LogP contribution in [0.25, 0.3) is 0 Å². The van der Waals surface area contributed by atoms with Gasteiger partial charge >= 0.3 is 0 Å². The summed E-state index contributed by atoms with van der Waals surface area (Å²) in [5.74, 6) is 0.578. The SMILES string of the molecule is CCC(=O)N1CCN(C(=O)c2cnc(N(C)C)cn2)C1. The number of anilines is 1. The molecule has 1 fully saturated rings. The molecule has 1 aromatic rings. The summed E-state index contributed by atoms with van der Waals surface area (Å²) in [5, 5.41) is 0. The molecule has 1 aromatic heterocycles. The molecule has 0 unspecified atom stereocenters. The first-order chi connectivity index (χ1) is 9.52. The van der Waals surface area contributed by atoms with Crippen molar-refractivity contribution in [1.29, 1.82) is 0 Å². The van der Waals surface area contributed by atoms with E-state index in [4.69, 9.17) is 0 Å². The summed E-state index contributed by atoms with van der Waals surface area (Å²) >= 11 is 0. The molecule has 1 aliphatic rings. The fourth-order valence-corrected chi connectivity index (χ4v) is 2.01. The Balaban J connectivity index is 2.03. The monoisotopic (exact) mass is 277 g/mol. The highest BCUT2D eigenvalue weighted by molar-refractivity contribution is 5.92. The van der Waals surface area contributed by atoms with Gasteiger partial charge < -0.3 is 14.7 Å². The summed E-state index contributed by atoms with van der Waals surface area (Å²) in [6, 6.07) is 0. The second-order valence-electron chi connectivity index (χ2n) is 4.88. The van der Waals surface area contributed by atoms with Gasteiger partial charge in [0.25, 0.3) is 5.91 Å². The summed E-state index contributed by atoms with van der Waals surface area (Å²) in [5.41, 5.74) is 0.307. The highest BCUT2D eigenvalue weighted by Crippen LogP contribution is 2.11. The number of hydrogen-bond donors (Lipinski definition) is 0. The molecule has 0 atom stereocenters. The van der Waals surface area contributed by atoms with Crippen LogP contribution in [0.2, 0.25) is 0 Å². The van der Waals surface area contributed by atoms with Crippen LogP contribution in [0.5, 0.6) is 0 Å². The van der Waals surface area contributed by atoms with Crippen molar-refractivity contribution in [2.75, 3.05) is 38.8 Å². The van der Waals surface area contributed by atoms with Gasteiger partial charge in [-0.05, 0) is 0 Å². The maximum absolute atomic E-state index is 12.3. The van der Waals surface area contributed by atoms with Crippen LogP contribution in [-0.2, 0) is 4.79 Å². The quantitative estimate of drug-likeness (QED) is 0.789. The Hall–Kier alpha value is -2.18. The first-order valence-electron chi connectivity index (χ1n) is 6.59. The standard InChI is InChI=1S/C13H19N5O2/c1-4-12(19)17-5-6-18(9-17)13(20)10-7-15-11(8-14-10)16(2)3/h7-8H,4-6,9H2,1-3H3. The van der Waals surface area contributed by atoms with Crippen molar-refractivity contribution in [3.05, 3.63) is 18.1 Å². The van der Waals surface area contributed by atoms with Gasteiger partial charge in [0.1, 0.15) is 11.5 Å². The molecule has 0 radical (unpaired) electrons. The Morgan fingerprint density at radius 3 is 2.45 bits per heavy atom. The number of nitrogens with zero attached hydrogens (tertiary/aromatic N) is 5. The van der Waals surface area contributed by atoms with Crippen molar-refractivity contribution < 1.29 is 9.59 Å². The van der Waals surface area contributed by atoms with E-state index in [1.807, 2.05) is 25.9 Å². The van der Waals surface area contributed by atoms with Gasteiger partial charge in [-0.25, -0.2) is 9.97 Å². The lowest BCUT2D eigenvalue weighted by atomic mass is 10.4. The molecule has 2 rings (SSSR count). The predicted molar refractivity (Wildman–Crippen MR) is 74.3 cm³/mol. The molecule has 2 amide bonds. The lowest BCUT2D eigenvalue weighted by molar-refractivity contribution is -0.130. The Labute approximate surface area is 118 Å². The molecule has 7 heteroatoms. The van der Waals surface area contributed by atoms with Crippen LogP contribution in [-0.4, -0.2) is 65.4 Å². The van der Waals surface area contributed by atoms with Crippen LogP contribution in [0.3, 0.4) is 0 Å². The zero-order chi connectivity index (χ0) is 14.7. The number of amides is 2. The summed E-state index contributed by atoms with van der Waals surface area (Å²) < 4.78 is 0. The van der Waals surface area contributed by atoms with Crippen LogP contribution in [0.1, 0.15) is 23.8 Å². The molecule has 0 saturated carbocycles. The smallest absolute Gasteiger partial charge is 0.275 e. The van der Waals surface area contributed by atoms with Crippen molar-refractivity contribution in [2.45, 2.75) is 13.3 Å². The molecule has 7 nitrogen and oxygen atoms in total. The lowest BCUT2D eigenvalue weighted by Crippen LogP contribution is -2.34. The number of carbonyl (C=O) groups is 2. The van der Waals surface area contributed by atoms with E-state index in [9.17, 15) is 9.59 Å². The zero-order valence-corrected chi connectivity index (χ0v) is 12.0. The van der Waals surface area contributed by atoms with Crippen LogP contribution >= 0.6 is 0 Å². The molecule has 20 heavy (non-hydrogen) atoms. The first-order valence-corrected chi connectivity index (χ1v) is 6.59. The minimum absolute atomic E-state index is 0.0642. The highest BCUT2D eigenvalue weighted by atomic mass is 16.2. The molecule has 108 valence electrons. The summed E-state index contributed by atoms with van der Waals surface area (Å²) in [7, 11) is 3.72. The van der Waals surface area contributed by atoms with E-state index in [1.54, 1.807) is 16.0 Å². The molecular formula is C13H19N5O2. The van der Waals surface area contributed by atoms with Crippen molar-refractivity contribution in [2.24, 2.45) is 0 Å².